The minimum Gasteiger partial charge on any atom is -0.186 e. The summed E-state index contributed by atoms with van der Waals surface area (Å²) in [5, 5.41) is 2.28. The number of nitrogens with zero attached hydrogens (tertiary/aromatic N) is 1. The fourth-order valence-electron chi connectivity index (χ4n) is 0.243. The number of aromatic nitrogens is 1. The lowest BCUT2D eigenvalue weighted by Gasteiger charge is -1.45. The Morgan fingerprint density at radius 2 is 2.71 bits per heavy atom. The molecule has 0 aliphatic rings. The Morgan fingerprint density at radius 1 is 1.86 bits per heavy atom. The third-order valence-corrected chi connectivity index (χ3v) is 1.62. The Labute approximate surface area is 48.7 Å². The second-order valence-electron chi connectivity index (χ2n) is 0.910. The molecule has 0 aliphatic heterocycles. The van der Waals surface area contributed by atoms with E-state index < -0.39 is 0 Å². The van der Waals surface area contributed by atoms with Gasteiger partial charge < -0.3 is 0 Å². The third-order valence-electron chi connectivity index (χ3n) is 0.495. The molecule has 0 aromatic carbocycles. The van der Waals surface area contributed by atoms with Crippen LogP contribution in [-0.4, -0.2) is 4.98 Å². The average Bonchev–Trinajstić information content (AvgIpc) is 2.14. The van der Waals surface area contributed by atoms with Crippen LogP contribution in [0.1, 0.15) is 0 Å². The number of rotatable bonds is 1. The van der Waals surface area contributed by atoms with Gasteiger partial charge in [-0.15, -0.1) is 11.3 Å². The van der Waals surface area contributed by atoms with E-state index in [0.717, 1.165) is 0 Å². The molecule has 0 amide bonds. The Hall–Kier alpha value is -0.350. The smallest absolute Gasteiger partial charge is 0.186 e. The third kappa shape index (κ3) is 1.01. The molecule has 7 heavy (non-hydrogen) atoms. The molecule has 0 radical (unpaired) electrons. The molecule has 36 valence electrons. The first kappa shape index (κ1) is 4.80. The van der Waals surface area contributed by atoms with Gasteiger partial charge in [-0.05, 0) is 0 Å². The molecule has 0 unspecified atom stereocenters. The molecule has 0 saturated heterocycles. The zero-order valence-electron chi connectivity index (χ0n) is 3.33. The normalized spacial score (nSPS) is 8.57. The standard InChI is InChI=1S/C3H2NOS2/c5-7-3-1-6-2-4-3/h1-2H/q+1. The van der Waals surface area contributed by atoms with Gasteiger partial charge in [-0.3, -0.25) is 0 Å². The van der Waals surface area contributed by atoms with Crippen LogP contribution in [-0.2, 0) is 15.9 Å². The second kappa shape index (κ2) is 2.09. The van der Waals surface area contributed by atoms with Gasteiger partial charge in [0.25, 0.3) is 0 Å². The molecular weight excluding hydrogens is 130 g/mol. The maximum Gasteiger partial charge on any atom is 0.528 e. The topological polar surface area (TPSA) is 30.0 Å². The highest BCUT2D eigenvalue weighted by Crippen LogP contribution is 1.98. The van der Waals surface area contributed by atoms with Gasteiger partial charge in [0.1, 0.15) is 0 Å². The lowest BCUT2D eigenvalue weighted by Crippen LogP contribution is -1.64. The van der Waals surface area contributed by atoms with Gasteiger partial charge in [-0.1, -0.05) is 0 Å². The highest BCUT2D eigenvalue weighted by atomic mass is 32.1. The maximum absolute atomic E-state index is 9.85. The summed E-state index contributed by atoms with van der Waals surface area (Å²) in [6, 6.07) is 0. The fraction of sp³-hybridized carbons (Fsp3) is 0. The predicted molar refractivity (Wildman–Crippen MR) is 28.4 cm³/mol. The van der Waals surface area contributed by atoms with Crippen LogP contribution in [0.3, 0.4) is 0 Å². The molecule has 1 aromatic heterocycles. The van der Waals surface area contributed by atoms with Crippen LogP contribution in [0.15, 0.2) is 15.9 Å². The summed E-state index contributed by atoms with van der Waals surface area (Å²) in [5.41, 5.74) is 1.64. The Morgan fingerprint density at radius 3 is 3.00 bits per heavy atom. The largest absolute Gasteiger partial charge is 0.528 e. The van der Waals surface area contributed by atoms with Crippen molar-refractivity contribution < 1.29 is 4.21 Å². The summed E-state index contributed by atoms with van der Waals surface area (Å²) in [6.45, 7) is 0. The molecule has 2 nitrogen and oxygen atoms in total. The van der Waals surface area contributed by atoms with Crippen LogP contribution in [0.2, 0.25) is 0 Å². The molecule has 0 atom stereocenters. The van der Waals surface area contributed by atoms with Crippen molar-refractivity contribution in [2.24, 2.45) is 0 Å². The van der Waals surface area contributed by atoms with Crippen molar-refractivity contribution >= 4 is 23.0 Å². The average molecular weight is 132 g/mol. The van der Waals surface area contributed by atoms with Crippen LogP contribution < -0.4 is 0 Å². The van der Waals surface area contributed by atoms with E-state index in [9.17, 15) is 4.21 Å². The first-order valence-electron chi connectivity index (χ1n) is 1.61. The van der Waals surface area contributed by atoms with E-state index in [1.165, 1.54) is 11.3 Å². The SMILES string of the molecule is O=[S+]c1cscn1. The van der Waals surface area contributed by atoms with Gasteiger partial charge in [0, 0.05) is 4.21 Å². The van der Waals surface area contributed by atoms with E-state index in [1.807, 2.05) is 0 Å². The molecule has 4 heteroatoms. The summed E-state index contributed by atoms with van der Waals surface area (Å²) in [5.74, 6) is 0. The summed E-state index contributed by atoms with van der Waals surface area (Å²) >= 11 is 1.86. The maximum atomic E-state index is 9.85. The van der Waals surface area contributed by atoms with E-state index in [4.69, 9.17) is 0 Å². The molecule has 0 bridgehead atoms. The molecule has 1 rings (SSSR count). The van der Waals surface area contributed by atoms with Gasteiger partial charge in [0.15, 0.2) is 0 Å². The number of thiazole rings is 1. The lowest BCUT2D eigenvalue weighted by molar-refractivity contribution is 0.603. The number of hydrogen-bond acceptors (Lipinski definition) is 3. The van der Waals surface area contributed by atoms with Gasteiger partial charge >= 0.3 is 16.7 Å². The summed E-state index contributed by atoms with van der Waals surface area (Å²) in [6.07, 6.45) is 0. The van der Waals surface area contributed by atoms with Gasteiger partial charge in [0.05, 0.1) is 10.9 Å². The van der Waals surface area contributed by atoms with E-state index in [0.29, 0.717) is 16.7 Å². The highest BCUT2D eigenvalue weighted by molar-refractivity contribution is 7.65. The number of hydrogen-bond donors (Lipinski definition) is 0. The minimum absolute atomic E-state index is 0.425. The fourth-order valence-corrected chi connectivity index (χ4v) is 1.14. The zero-order chi connectivity index (χ0) is 5.11. The van der Waals surface area contributed by atoms with Gasteiger partial charge in [-0.25, -0.2) is 0 Å². The van der Waals surface area contributed by atoms with Crippen molar-refractivity contribution in [3.63, 3.8) is 0 Å². The lowest BCUT2D eigenvalue weighted by atomic mass is 11.0. The Balaban J connectivity index is 2.96. The monoisotopic (exact) mass is 132 g/mol. The van der Waals surface area contributed by atoms with Crippen molar-refractivity contribution in [3.8, 4) is 0 Å². The predicted octanol–water partition coefficient (Wildman–Crippen LogP) is 0.930. The molecular formula is C3H2NOS2+. The molecule has 0 spiro atoms. The molecule has 0 fully saturated rings. The first-order chi connectivity index (χ1) is 3.43. The molecule has 1 aromatic rings. The minimum atomic E-state index is 0.425. The van der Waals surface area contributed by atoms with Crippen molar-refractivity contribution in [2.45, 2.75) is 5.03 Å². The van der Waals surface area contributed by atoms with Gasteiger partial charge in [-0.2, -0.15) is 4.98 Å². The van der Waals surface area contributed by atoms with Crippen LogP contribution in [0.5, 0.6) is 0 Å². The first-order valence-corrected chi connectivity index (χ1v) is 3.30. The Kier molecular flexibility index (Phi) is 1.43. The molecule has 0 aliphatic carbocycles. The van der Waals surface area contributed by atoms with Crippen LogP contribution in [0.4, 0.5) is 0 Å². The quantitative estimate of drug-likeness (QED) is 0.532. The summed E-state index contributed by atoms with van der Waals surface area (Å²) in [7, 11) is 0. The zero-order valence-corrected chi connectivity index (χ0v) is 4.96. The molecule has 0 saturated carbocycles. The van der Waals surface area contributed by atoms with E-state index >= 15 is 0 Å². The van der Waals surface area contributed by atoms with Crippen molar-refractivity contribution in [1.29, 1.82) is 0 Å². The highest BCUT2D eigenvalue weighted by Gasteiger charge is 2.04. The second-order valence-corrected chi connectivity index (χ2v) is 2.21. The van der Waals surface area contributed by atoms with Crippen LogP contribution in [0, 0.1) is 0 Å². The summed E-state index contributed by atoms with van der Waals surface area (Å²) < 4.78 is 9.85. The van der Waals surface area contributed by atoms with E-state index in [-0.39, 0.29) is 0 Å². The van der Waals surface area contributed by atoms with E-state index in [1.54, 1.807) is 10.9 Å². The van der Waals surface area contributed by atoms with E-state index in [2.05, 4.69) is 4.98 Å². The van der Waals surface area contributed by atoms with Crippen molar-refractivity contribution in [1.82, 2.24) is 4.98 Å². The van der Waals surface area contributed by atoms with Crippen LogP contribution >= 0.6 is 11.3 Å². The van der Waals surface area contributed by atoms with Crippen molar-refractivity contribution in [2.75, 3.05) is 0 Å². The summed E-state index contributed by atoms with van der Waals surface area (Å²) in [4.78, 5) is 3.70. The Bertz CT molecular complexity index is 148. The molecule has 1 heterocycles. The molecule has 0 N–H and O–H groups in total. The van der Waals surface area contributed by atoms with Crippen molar-refractivity contribution in [3.05, 3.63) is 10.9 Å². The van der Waals surface area contributed by atoms with Crippen LogP contribution in [0.25, 0.3) is 0 Å². The van der Waals surface area contributed by atoms with Gasteiger partial charge in [0.2, 0.25) is 0 Å².